The molecule has 1 heterocycles. The predicted molar refractivity (Wildman–Crippen MR) is 70.0 cm³/mol. The average molecular weight is 218 g/mol. The van der Waals surface area contributed by atoms with Gasteiger partial charge in [0, 0.05) is 12.4 Å². The molecule has 88 valence electrons. The summed E-state index contributed by atoms with van der Waals surface area (Å²) in [6.45, 7) is 11.1. The van der Waals surface area contributed by atoms with Gasteiger partial charge in [0.15, 0.2) is 0 Å². The zero-order valence-electron chi connectivity index (χ0n) is 11.0. The van der Waals surface area contributed by atoms with Gasteiger partial charge in [-0.1, -0.05) is 26.8 Å². The summed E-state index contributed by atoms with van der Waals surface area (Å²) in [7, 11) is 0. The number of hydrogen-bond donors (Lipinski definition) is 0. The minimum Gasteiger partial charge on any atom is -0.285 e. The van der Waals surface area contributed by atoms with Gasteiger partial charge in [-0.15, -0.1) is 0 Å². The number of nitrogens with zero attached hydrogens (tertiary/aromatic N) is 2. The molecule has 16 heavy (non-hydrogen) atoms. The van der Waals surface area contributed by atoms with E-state index in [0.717, 1.165) is 12.1 Å². The van der Waals surface area contributed by atoms with E-state index in [1.807, 2.05) is 24.4 Å². The number of pyridine rings is 1. The third-order valence-electron chi connectivity index (χ3n) is 2.20. The first-order valence-corrected chi connectivity index (χ1v) is 5.75. The third-order valence-corrected chi connectivity index (χ3v) is 2.20. The van der Waals surface area contributed by atoms with E-state index >= 15 is 0 Å². The molecule has 0 atom stereocenters. The van der Waals surface area contributed by atoms with Gasteiger partial charge in [0.25, 0.3) is 0 Å². The van der Waals surface area contributed by atoms with Crippen molar-refractivity contribution in [2.75, 3.05) is 0 Å². The minimum atomic E-state index is -0.0320. The van der Waals surface area contributed by atoms with E-state index in [4.69, 9.17) is 0 Å². The lowest BCUT2D eigenvalue weighted by Crippen LogP contribution is -2.25. The van der Waals surface area contributed by atoms with Crippen LogP contribution in [-0.4, -0.2) is 16.7 Å². The van der Waals surface area contributed by atoms with Gasteiger partial charge in [-0.05, 0) is 37.8 Å². The normalized spacial score (nSPS) is 13.3. The molecule has 0 bridgehead atoms. The van der Waals surface area contributed by atoms with E-state index < -0.39 is 0 Å². The topological polar surface area (TPSA) is 25.2 Å². The molecule has 0 saturated heterocycles. The van der Waals surface area contributed by atoms with Crippen molar-refractivity contribution in [2.24, 2.45) is 10.4 Å². The van der Waals surface area contributed by atoms with E-state index in [2.05, 4.69) is 44.6 Å². The van der Waals surface area contributed by atoms with Crippen molar-refractivity contribution in [2.45, 2.75) is 46.6 Å². The fourth-order valence-corrected chi connectivity index (χ4v) is 2.04. The van der Waals surface area contributed by atoms with Crippen LogP contribution in [0.3, 0.4) is 0 Å². The lowest BCUT2D eigenvalue weighted by Gasteiger charge is -2.28. The summed E-state index contributed by atoms with van der Waals surface area (Å²) in [5.74, 6) is 0. The first kappa shape index (κ1) is 12.9. The van der Waals surface area contributed by atoms with Crippen LogP contribution in [0.5, 0.6) is 0 Å². The summed E-state index contributed by atoms with van der Waals surface area (Å²) in [5, 5.41) is 0. The van der Waals surface area contributed by atoms with Gasteiger partial charge in [-0.3, -0.25) is 9.98 Å². The van der Waals surface area contributed by atoms with Crippen molar-refractivity contribution in [3.05, 3.63) is 30.1 Å². The van der Waals surface area contributed by atoms with Crippen LogP contribution in [0.15, 0.2) is 29.4 Å². The van der Waals surface area contributed by atoms with Crippen molar-refractivity contribution in [1.29, 1.82) is 0 Å². The van der Waals surface area contributed by atoms with Crippen LogP contribution in [-0.2, 0) is 0 Å². The Labute approximate surface area is 98.8 Å². The Morgan fingerprint density at radius 2 is 1.88 bits per heavy atom. The Bertz CT molecular complexity index is 345. The molecule has 0 spiro atoms. The summed E-state index contributed by atoms with van der Waals surface area (Å²) in [4.78, 5) is 8.85. The van der Waals surface area contributed by atoms with E-state index in [0.29, 0.717) is 5.41 Å². The Kier molecular flexibility index (Phi) is 3.84. The first-order chi connectivity index (χ1) is 7.29. The van der Waals surface area contributed by atoms with E-state index in [9.17, 15) is 0 Å². The van der Waals surface area contributed by atoms with Gasteiger partial charge < -0.3 is 0 Å². The van der Waals surface area contributed by atoms with Crippen molar-refractivity contribution in [1.82, 2.24) is 4.98 Å². The highest BCUT2D eigenvalue weighted by Gasteiger charge is 2.23. The maximum atomic E-state index is 4.62. The highest BCUT2D eigenvalue weighted by Crippen LogP contribution is 2.29. The summed E-state index contributed by atoms with van der Waals surface area (Å²) >= 11 is 0. The quantitative estimate of drug-likeness (QED) is 0.710. The predicted octanol–water partition coefficient (Wildman–Crippen LogP) is 3.72. The maximum Gasteiger partial charge on any atom is 0.0808 e. The average Bonchev–Trinajstić information content (AvgIpc) is 2.13. The van der Waals surface area contributed by atoms with Crippen LogP contribution in [0.25, 0.3) is 0 Å². The van der Waals surface area contributed by atoms with Gasteiger partial charge in [0.05, 0.1) is 11.2 Å². The molecule has 0 unspecified atom stereocenters. The van der Waals surface area contributed by atoms with Crippen LogP contribution >= 0.6 is 0 Å². The van der Waals surface area contributed by atoms with Gasteiger partial charge in [0.1, 0.15) is 0 Å². The molecule has 0 radical (unpaired) electrons. The van der Waals surface area contributed by atoms with Crippen LogP contribution in [0.2, 0.25) is 0 Å². The molecule has 0 aliphatic rings. The van der Waals surface area contributed by atoms with Crippen LogP contribution < -0.4 is 0 Å². The van der Waals surface area contributed by atoms with Crippen LogP contribution in [0.1, 0.15) is 46.7 Å². The molecule has 1 rings (SSSR count). The molecule has 2 nitrogen and oxygen atoms in total. The molecule has 1 aromatic heterocycles. The molecule has 0 saturated carbocycles. The highest BCUT2D eigenvalue weighted by molar-refractivity contribution is 5.77. The number of hydrogen-bond acceptors (Lipinski definition) is 2. The Hall–Kier alpha value is -1.18. The lowest BCUT2D eigenvalue weighted by atomic mass is 9.82. The molecule has 0 fully saturated rings. The minimum absolute atomic E-state index is 0.0320. The first-order valence-electron chi connectivity index (χ1n) is 5.75. The number of rotatable bonds is 3. The maximum absolute atomic E-state index is 4.62. The van der Waals surface area contributed by atoms with Crippen LogP contribution in [0.4, 0.5) is 0 Å². The van der Waals surface area contributed by atoms with Gasteiger partial charge in [0.2, 0.25) is 0 Å². The largest absolute Gasteiger partial charge is 0.285 e. The highest BCUT2D eigenvalue weighted by atomic mass is 14.8. The standard InChI is InChI=1S/C14H22N2/c1-13(2,3)11-14(4,5)16-10-12-8-6-7-9-15-12/h6-10H,11H2,1-5H3/b16-10+. The zero-order valence-corrected chi connectivity index (χ0v) is 11.0. The Morgan fingerprint density at radius 1 is 1.19 bits per heavy atom. The third kappa shape index (κ3) is 5.06. The number of aliphatic imine (C=N–C) groups is 1. The Balaban J connectivity index is 2.69. The molecule has 0 aliphatic heterocycles. The molecule has 0 aliphatic carbocycles. The lowest BCUT2D eigenvalue weighted by molar-refractivity contribution is 0.289. The zero-order chi connectivity index (χ0) is 12.2. The monoisotopic (exact) mass is 218 g/mol. The van der Waals surface area contributed by atoms with Crippen molar-refractivity contribution in [3.63, 3.8) is 0 Å². The van der Waals surface area contributed by atoms with Crippen molar-refractivity contribution < 1.29 is 0 Å². The molecular weight excluding hydrogens is 196 g/mol. The van der Waals surface area contributed by atoms with Gasteiger partial charge in [-0.25, -0.2) is 0 Å². The van der Waals surface area contributed by atoms with E-state index in [-0.39, 0.29) is 5.54 Å². The van der Waals surface area contributed by atoms with Crippen molar-refractivity contribution >= 4 is 6.21 Å². The molecular formula is C14H22N2. The summed E-state index contributed by atoms with van der Waals surface area (Å²) in [6, 6.07) is 5.86. The summed E-state index contributed by atoms with van der Waals surface area (Å²) in [5.41, 5.74) is 1.19. The summed E-state index contributed by atoms with van der Waals surface area (Å²) < 4.78 is 0. The van der Waals surface area contributed by atoms with Gasteiger partial charge >= 0.3 is 0 Å². The molecule has 0 N–H and O–H groups in total. The SMILES string of the molecule is CC(C)(C)CC(C)(C)/N=C/c1ccccn1. The second-order valence-electron chi connectivity index (χ2n) is 6.06. The number of aromatic nitrogens is 1. The molecule has 1 aromatic rings. The fourth-order valence-electron chi connectivity index (χ4n) is 2.04. The van der Waals surface area contributed by atoms with E-state index in [1.54, 1.807) is 6.20 Å². The summed E-state index contributed by atoms with van der Waals surface area (Å²) in [6.07, 6.45) is 4.72. The van der Waals surface area contributed by atoms with Crippen LogP contribution in [0, 0.1) is 5.41 Å². The Morgan fingerprint density at radius 3 is 2.38 bits per heavy atom. The molecule has 2 heteroatoms. The molecule has 0 amide bonds. The fraction of sp³-hybridized carbons (Fsp3) is 0.571. The smallest absolute Gasteiger partial charge is 0.0808 e. The van der Waals surface area contributed by atoms with Gasteiger partial charge in [-0.2, -0.15) is 0 Å². The second-order valence-corrected chi connectivity index (χ2v) is 6.06. The molecule has 0 aromatic carbocycles. The van der Waals surface area contributed by atoms with E-state index in [1.165, 1.54) is 0 Å². The second kappa shape index (κ2) is 4.77. The van der Waals surface area contributed by atoms with Crippen molar-refractivity contribution in [3.8, 4) is 0 Å².